The number of imide groups is 2. The van der Waals surface area contributed by atoms with Gasteiger partial charge >= 0.3 is 6.03 Å². The number of nitrogens with zero attached hydrogens (tertiary/aromatic N) is 2. The first kappa shape index (κ1) is 19.3. The van der Waals surface area contributed by atoms with Gasteiger partial charge in [0.25, 0.3) is 11.8 Å². The van der Waals surface area contributed by atoms with Gasteiger partial charge in [0.15, 0.2) is 0 Å². The molecule has 150 valence electrons. The van der Waals surface area contributed by atoms with Crippen molar-refractivity contribution in [2.45, 2.75) is 13.8 Å². The van der Waals surface area contributed by atoms with E-state index in [1.807, 2.05) is 48.9 Å². The molecule has 6 nitrogen and oxygen atoms in total. The molecule has 3 aromatic rings. The second-order valence-corrected chi connectivity index (χ2v) is 6.96. The van der Waals surface area contributed by atoms with Crippen molar-refractivity contribution < 1.29 is 18.8 Å². The average molecular weight is 403 g/mol. The summed E-state index contributed by atoms with van der Waals surface area (Å²) in [6.07, 6.45) is 3.28. The van der Waals surface area contributed by atoms with Crippen LogP contribution in [0.15, 0.2) is 66.4 Å². The molecular formula is C23H18FN3O3. The van der Waals surface area contributed by atoms with Crippen LogP contribution in [0, 0.1) is 19.7 Å². The number of urea groups is 1. The van der Waals surface area contributed by atoms with Gasteiger partial charge in [-0.2, -0.15) is 0 Å². The van der Waals surface area contributed by atoms with Crippen LogP contribution in [0.5, 0.6) is 0 Å². The molecule has 0 unspecified atom stereocenters. The van der Waals surface area contributed by atoms with Crippen molar-refractivity contribution in [2.75, 3.05) is 4.90 Å². The van der Waals surface area contributed by atoms with E-state index in [4.69, 9.17) is 0 Å². The van der Waals surface area contributed by atoms with Crippen LogP contribution in [0.2, 0.25) is 0 Å². The lowest BCUT2D eigenvalue weighted by Crippen LogP contribution is -2.54. The van der Waals surface area contributed by atoms with E-state index in [1.165, 1.54) is 18.2 Å². The molecule has 1 aromatic heterocycles. The van der Waals surface area contributed by atoms with Crippen LogP contribution >= 0.6 is 0 Å². The molecule has 0 saturated carbocycles. The molecule has 4 rings (SSSR count). The monoisotopic (exact) mass is 403 g/mol. The maximum absolute atomic E-state index is 13.2. The summed E-state index contributed by atoms with van der Waals surface area (Å²) in [6, 6.07) is 13.5. The Morgan fingerprint density at radius 3 is 2.40 bits per heavy atom. The van der Waals surface area contributed by atoms with Crippen molar-refractivity contribution in [1.29, 1.82) is 0 Å². The lowest BCUT2D eigenvalue weighted by molar-refractivity contribution is -0.122. The number of aromatic nitrogens is 1. The van der Waals surface area contributed by atoms with E-state index in [1.54, 1.807) is 6.07 Å². The van der Waals surface area contributed by atoms with Gasteiger partial charge < -0.3 is 4.57 Å². The summed E-state index contributed by atoms with van der Waals surface area (Å²) < 4.78 is 15.1. The summed E-state index contributed by atoms with van der Waals surface area (Å²) in [5.41, 5.74) is 3.68. The number of barbiturate groups is 1. The maximum Gasteiger partial charge on any atom is 0.335 e. The van der Waals surface area contributed by atoms with Crippen LogP contribution in [-0.2, 0) is 9.59 Å². The number of benzene rings is 2. The number of rotatable bonds is 3. The van der Waals surface area contributed by atoms with Gasteiger partial charge in [0.1, 0.15) is 11.4 Å². The molecular weight excluding hydrogens is 385 g/mol. The highest BCUT2D eigenvalue weighted by atomic mass is 19.1. The fraction of sp³-hybridized carbons (Fsp3) is 0.0870. The minimum absolute atomic E-state index is 0.169. The van der Waals surface area contributed by atoms with Gasteiger partial charge in [-0.3, -0.25) is 14.9 Å². The van der Waals surface area contributed by atoms with Crippen LogP contribution < -0.4 is 10.2 Å². The Bertz CT molecular complexity index is 1210. The van der Waals surface area contributed by atoms with Gasteiger partial charge in [-0.15, -0.1) is 0 Å². The van der Waals surface area contributed by atoms with Gasteiger partial charge in [0.05, 0.1) is 5.69 Å². The summed E-state index contributed by atoms with van der Waals surface area (Å²) in [6.45, 7) is 4.00. The fourth-order valence-corrected chi connectivity index (χ4v) is 3.36. The summed E-state index contributed by atoms with van der Waals surface area (Å²) in [5.74, 6) is -2.05. The van der Waals surface area contributed by atoms with Crippen LogP contribution in [0.3, 0.4) is 0 Å². The summed E-state index contributed by atoms with van der Waals surface area (Å²) >= 11 is 0. The van der Waals surface area contributed by atoms with Gasteiger partial charge in [0, 0.05) is 17.6 Å². The molecule has 0 spiro atoms. The van der Waals surface area contributed by atoms with Crippen LogP contribution in [-0.4, -0.2) is 22.4 Å². The SMILES string of the molecule is Cc1cccc(-n2cccc2/C=C2\C(=O)NC(=O)N(c3ccc(F)cc3)C2=O)c1C. The molecule has 7 heteroatoms. The van der Waals surface area contributed by atoms with E-state index in [2.05, 4.69) is 5.32 Å². The highest BCUT2D eigenvalue weighted by Crippen LogP contribution is 2.25. The third-order valence-electron chi connectivity index (χ3n) is 5.09. The van der Waals surface area contributed by atoms with Crippen LogP contribution in [0.25, 0.3) is 11.8 Å². The van der Waals surface area contributed by atoms with Crippen molar-refractivity contribution in [3.8, 4) is 5.69 Å². The molecule has 1 saturated heterocycles. The number of carbonyl (C=O) groups excluding carboxylic acids is 3. The highest BCUT2D eigenvalue weighted by molar-refractivity contribution is 6.39. The molecule has 2 aromatic carbocycles. The number of aryl methyl sites for hydroxylation is 1. The fourth-order valence-electron chi connectivity index (χ4n) is 3.36. The number of carbonyl (C=O) groups is 3. The number of amides is 4. The molecule has 1 aliphatic rings. The second-order valence-electron chi connectivity index (χ2n) is 6.96. The summed E-state index contributed by atoms with van der Waals surface area (Å²) in [4.78, 5) is 38.5. The van der Waals surface area contributed by atoms with Crippen molar-refractivity contribution in [1.82, 2.24) is 9.88 Å². The first-order chi connectivity index (χ1) is 14.4. The predicted octanol–water partition coefficient (Wildman–Crippen LogP) is 3.90. The Labute approximate surface area is 172 Å². The molecule has 1 aliphatic heterocycles. The van der Waals surface area contributed by atoms with Crippen LogP contribution in [0.4, 0.5) is 14.9 Å². The number of anilines is 1. The zero-order chi connectivity index (χ0) is 21.4. The molecule has 0 atom stereocenters. The molecule has 2 heterocycles. The first-order valence-electron chi connectivity index (χ1n) is 9.28. The Hall–Kier alpha value is -4.00. The van der Waals surface area contributed by atoms with E-state index in [0.717, 1.165) is 33.8 Å². The molecule has 0 bridgehead atoms. The van der Waals surface area contributed by atoms with Crippen molar-refractivity contribution in [3.05, 3.63) is 89.0 Å². The largest absolute Gasteiger partial charge is 0.335 e. The average Bonchev–Trinajstić information content (AvgIpc) is 3.16. The van der Waals surface area contributed by atoms with Crippen molar-refractivity contribution in [2.24, 2.45) is 0 Å². The Morgan fingerprint density at radius 2 is 1.67 bits per heavy atom. The van der Waals surface area contributed by atoms with Crippen molar-refractivity contribution >= 4 is 29.6 Å². The maximum atomic E-state index is 13.2. The van der Waals surface area contributed by atoms with Gasteiger partial charge in [-0.05, 0) is 73.5 Å². The number of nitrogens with one attached hydrogen (secondary N) is 1. The Kier molecular flexibility index (Phi) is 4.79. The number of halogens is 1. The van der Waals surface area contributed by atoms with Gasteiger partial charge in [0.2, 0.25) is 0 Å². The molecule has 30 heavy (non-hydrogen) atoms. The second kappa shape index (κ2) is 7.44. The quantitative estimate of drug-likeness (QED) is 0.533. The van der Waals surface area contributed by atoms with Crippen LogP contribution in [0.1, 0.15) is 16.8 Å². The molecule has 1 N–H and O–H groups in total. The topological polar surface area (TPSA) is 71.4 Å². The van der Waals surface area contributed by atoms with E-state index >= 15 is 0 Å². The third-order valence-corrected chi connectivity index (χ3v) is 5.09. The van der Waals surface area contributed by atoms with E-state index in [-0.39, 0.29) is 11.3 Å². The highest BCUT2D eigenvalue weighted by Gasteiger charge is 2.37. The predicted molar refractivity (Wildman–Crippen MR) is 111 cm³/mol. The van der Waals surface area contributed by atoms with E-state index < -0.39 is 23.7 Å². The minimum atomic E-state index is -0.876. The lowest BCUT2D eigenvalue weighted by Gasteiger charge is -2.26. The summed E-state index contributed by atoms with van der Waals surface area (Å²) in [7, 11) is 0. The van der Waals surface area contributed by atoms with Crippen molar-refractivity contribution in [3.63, 3.8) is 0 Å². The third kappa shape index (κ3) is 3.30. The standard InChI is InChI=1S/C23H18FN3O3/c1-14-5-3-7-20(15(14)2)26-12-4-6-18(26)13-19-21(28)25-23(30)27(22(19)29)17-10-8-16(24)9-11-17/h3-13H,1-2H3,(H,25,28,30)/b19-13+. The molecule has 1 fully saturated rings. The number of hydrogen-bond acceptors (Lipinski definition) is 3. The lowest BCUT2D eigenvalue weighted by atomic mass is 10.1. The number of hydrogen-bond donors (Lipinski definition) is 1. The summed E-state index contributed by atoms with van der Waals surface area (Å²) in [5, 5.41) is 2.17. The first-order valence-corrected chi connectivity index (χ1v) is 9.28. The zero-order valence-electron chi connectivity index (χ0n) is 16.3. The normalized spacial score (nSPS) is 15.6. The Balaban J connectivity index is 1.77. The molecule has 0 aliphatic carbocycles. The zero-order valence-corrected chi connectivity index (χ0v) is 16.3. The molecule has 0 radical (unpaired) electrons. The minimum Gasteiger partial charge on any atom is -0.317 e. The molecule has 4 amide bonds. The van der Waals surface area contributed by atoms with E-state index in [9.17, 15) is 18.8 Å². The van der Waals surface area contributed by atoms with E-state index in [0.29, 0.717) is 5.69 Å². The van der Waals surface area contributed by atoms with Gasteiger partial charge in [-0.1, -0.05) is 12.1 Å². The van der Waals surface area contributed by atoms with Gasteiger partial charge in [-0.25, -0.2) is 14.1 Å². The Morgan fingerprint density at radius 1 is 0.933 bits per heavy atom. The smallest absolute Gasteiger partial charge is 0.317 e.